The van der Waals surface area contributed by atoms with Crippen LogP contribution in [-0.2, 0) is 9.53 Å². The molecule has 6 nitrogen and oxygen atoms in total. The quantitative estimate of drug-likeness (QED) is 0.769. The number of ether oxygens (including phenoxy) is 1. The number of primary amides is 1. The molecule has 0 aromatic heterocycles. The first-order valence-electron chi connectivity index (χ1n) is 6.22. The van der Waals surface area contributed by atoms with Crippen molar-refractivity contribution in [1.29, 1.82) is 0 Å². The van der Waals surface area contributed by atoms with Crippen LogP contribution in [-0.4, -0.2) is 47.7 Å². The van der Waals surface area contributed by atoms with Crippen LogP contribution in [0.25, 0.3) is 0 Å². The van der Waals surface area contributed by atoms with Gasteiger partial charge in [-0.2, -0.15) is 0 Å². The fourth-order valence-corrected chi connectivity index (χ4v) is 1.82. The van der Waals surface area contributed by atoms with Crippen molar-refractivity contribution in [1.82, 2.24) is 10.2 Å². The van der Waals surface area contributed by atoms with Gasteiger partial charge in [-0.3, -0.25) is 4.79 Å². The normalized spacial score (nSPS) is 21.8. The van der Waals surface area contributed by atoms with E-state index in [0.29, 0.717) is 13.1 Å². The van der Waals surface area contributed by atoms with Gasteiger partial charge in [-0.25, -0.2) is 4.79 Å². The van der Waals surface area contributed by atoms with Gasteiger partial charge < -0.3 is 20.7 Å². The summed E-state index contributed by atoms with van der Waals surface area (Å²) < 4.78 is 5.29. The average Bonchev–Trinajstić information content (AvgIpc) is 2.63. The topological polar surface area (TPSA) is 84.7 Å². The summed E-state index contributed by atoms with van der Waals surface area (Å²) >= 11 is 0. The SMILES string of the molecule is CC(N[C@H]1CCN(C(=O)OC(C)(C)C)C1)C(N)=O. The fourth-order valence-electron chi connectivity index (χ4n) is 1.82. The Morgan fingerprint density at radius 3 is 2.56 bits per heavy atom. The molecule has 18 heavy (non-hydrogen) atoms. The van der Waals surface area contributed by atoms with Crippen molar-refractivity contribution in [3.8, 4) is 0 Å². The predicted octanol–water partition coefficient (Wildman–Crippen LogP) is 0.459. The molecule has 1 aliphatic rings. The minimum Gasteiger partial charge on any atom is -0.444 e. The van der Waals surface area contributed by atoms with Crippen LogP contribution in [0.2, 0.25) is 0 Å². The number of hydrogen-bond acceptors (Lipinski definition) is 4. The third kappa shape index (κ3) is 4.52. The summed E-state index contributed by atoms with van der Waals surface area (Å²) in [7, 11) is 0. The number of amides is 2. The zero-order chi connectivity index (χ0) is 13.9. The second-order valence-electron chi connectivity index (χ2n) is 5.70. The lowest BCUT2D eigenvalue weighted by Gasteiger charge is -2.24. The Balaban J connectivity index is 2.41. The maximum atomic E-state index is 11.8. The van der Waals surface area contributed by atoms with Gasteiger partial charge in [-0.05, 0) is 34.1 Å². The van der Waals surface area contributed by atoms with Crippen molar-refractivity contribution in [2.75, 3.05) is 13.1 Å². The number of nitrogens with two attached hydrogens (primary N) is 1. The molecule has 3 N–H and O–H groups in total. The van der Waals surface area contributed by atoms with E-state index in [9.17, 15) is 9.59 Å². The summed E-state index contributed by atoms with van der Waals surface area (Å²) in [6.45, 7) is 8.42. The summed E-state index contributed by atoms with van der Waals surface area (Å²) in [6, 6.07) is -0.284. The van der Waals surface area contributed by atoms with Crippen LogP contribution in [0.1, 0.15) is 34.1 Å². The maximum absolute atomic E-state index is 11.8. The molecule has 0 aromatic rings. The number of carbonyl (C=O) groups excluding carboxylic acids is 2. The van der Waals surface area contributed by atoms with Gasteiger partial charge >= 0.3 is 6.09 Å². The molecule has 1 aliphatic heterocycles. The summed E-state index contributed by atoms with van der Waals surface area (Å²) in [5.74, 6) is -0.384. The Morgan fingerprint density at radius 1 is 1.44 bits per heavy atom. The standard InChI is InChI=1S/C12H23N3O3/c1-8(10(13)16)14-9-5-6-15(7-9)11(17)18-12(2,3)4/h8-9,14H,5-7H2,1-4H3,(H2,13,16)/t8?,9-/m0/s1. The monoisotopic (exact) mass is 257 g/mol. The first-order chi connectivity index (χ1) is 8.19. The Morgan fingerprint density at radius 2 is 2.06 bits per heavy atom. The predicted molar refractivity (Wildman–Crippen MR) is 68.0 cm³/mol. The molecule has 1 saturated heterocycles. The molecule has 1 heterocycles. The van der Waals surface area contributed by atoms with E-state index in [4.69, 9.17) is 10.5 Å². The molecule has 6 heteroatoms. The molecule has 0 aromatic carbocycles. The van der Waals surface area contributed by atoms with Crippen molar-refractivity contribution in [2.45, 2.75) is 51.8 Å². The Hall–Kier alpha value is -1.30. The summed E-state index contributed by atoms with van der Waals surface area (Å²) in [5.41, 5.74) is 4.70. The number of nitrogens with one attached hydrogen (secondary N) is 1. The molecular formula is C12H23N3O3. The fraction of sp³-hybridized carbons (Fsp3) is 0.833. The number of likely N-dealkylation sites (tertiary alicyclic amines) is 1. The van der Waals surface area contributed by atoms with E-state index in [0.717, 1.165) is 6.42 Å². The first kappa shape index (κ1) is 14.8. The second kappa shape index (κ2) is 5.56. The molecule has 0 saturated carbocycles. The van der Waals surface area contributed by atoms with Crippen LogP contribution >= 0.6 is 0 Å². The van der Waals surface area contributed by atoms with Crippen LogP contribution in [0.3, 0.4) is 0 Å². The molecule has 0 aliphatic carbocycles. The molecule has 0 bridgehead atoms. The van der Waals surface area contributed by atoms with Gasteiger partial charge in [0.05, 0.1) is 6.04 Å². The van der Waals surface area contributed by atoms with Crippen LogP contribution < -0.4 is 11.1 Å². The van der Waals surface area contributed by atoms with Gasteiger partial charge in [0.15, 0.2) is 0 Å². The molecule has 1 unspecified atom stereocenters. The molecule has 104 valence electrons. The van der Waals surface area contributed by atoms with Gasteiger partial charge in [0.1, 0.15) is 5.60 Å². The summed E-state index contributed by atoms with van der Waals surface area (Å²) in [5, 5.41) is 3.10. The van der Waals surface area contributed by atoms with E-state index in [1.807, 2.05) is 20.8 Å². The zero-order valence-electron chi connectivity index (χ0n) is 11.5. The van der Waals surface area contributed by atoms with E-state index >= 15 is 0 Å². The van der Waals surface area contributed by atoms with Crippen LogP contribution in [0.15, 0.2) is 0 Å². The molecule has 2 atom stereocenters. The highest BCUT2D eigenvalue weighted by Crippen LogP contribution is 2.15. The third-order valence-electron chi connectivity index (χ3n) is 2.75. The Kier molecular flexibility index (Phi) is 4.56. The minimum absolute atomic E-state index is 0.0972. The largest absolute Gasteiger partial charge is 0.444 e. The lowest BCUT2D eigenvalue weighted by Crippen LogP contribution is -2.46. The molecule has 1 rings (SSSR count). The Labute approximate surface area is 108 Å². The number of carbonyl (C=O) groups is 2. The van der Waals surface area contributed by atoms with Crippen LogP contribution in [0.4, 0.5) is 4.79 Å². The van der Waals surface area contributed by atoms with Crippen molar-refractivity contribution < 1.29 is 14.3 Å². The highest BCUT2D eigenvalue weighted by molar-refractivity contribution is 5.79. The van der Waals surface area contributed by atoms with E-state index in [2.05, 4.69) is 5.32 Å². The average molecular weight is 257 g/mol. The molecule has 1 fully saturated rings. The summed E-state index contributed by atoms with van der Waals surface area (Å²) in [4.78, 5) is 24.4. The lowest BCUT2D eigenvalue weighted by molar-refractivity contribution is -0.119. The van der Waals surface area contributed by atoms with E-state index in [-0.39, 0.29) is 24.1 Å². The first-order valence-corrected chi connectivity index (χ1v) is 6.22. The maximum Gasteiger partial charge on any atom is 0.410 e. The molecule has 0 spiro atoms. The van der Waals surface area contributed by atoms with E-state index < -0.39 is 5.60 Å². The van der Waals surface area contributed by atoms with Crippen molar-refractivity contribution >= 4 is 12.0 Å². The number of nitrogens with zero attached hydrogens (tertiary/aromatic N) is 1. The zero-order valence-corrected chi connectivity index (χ0v) is 11.5. The third-order valence-corrected chi connectivity index (χ3v) is 2.75. The van der Waals surface area contributed by atoms with Gasteiger partial charge in [0.25, 0.3) is 0 Å². The number of rotatable bonds is 3. The second-order valence-corrected chi connectivity index (χ2v) is 5.70. The van der Waals surface area contributed by atoms with Crippen LogP contribution in [0, 0.1) is 0 Å². The molecule has 2 amide bonds. The Bertz CT molecular complexity index is 325. The van der Waals surface area contributed by atoms with Gasteiger partial charge in [0.2, 0.25) is 5.91 Å². The smallest absolute Gasteiger partial charge is 0.410 e. The highest BCUT2D eigenvalue weighted by Gasteiger charge is 2.30. The van der Waals surface area contributed by atoms with E-state index in [1.165, 1.54) is 0 Å². The van der Waals surface area contributed by atoms with Crippen molar-refractivity contribution in [2.24, 2.45) is 5.73 Å². The van der Waals surface area contributed by atoms with Crippen LogP contribution in [0.5, 0.6) is 0 Å². The minimum atomic E-state index is -0.483. The number of hydrogen-bond donors (Lipinski definition) is 2. The molecule has 0 radical (unpaired) electrons. The molecular weight excluding hydrogens is 234 g/mol. The highest BCUT2D eigenvalue weighted by atomic mass is 16.6. The van der Waals surface area contributed by atoms with Gasteiger partial charge in [-0.1, -0.05) is 0 Å². The van der Waals surface area contributed by atoms with Gasteiger partial charge in [-0.15, -0.1) is 0 Å². The van der Waals surface area contributed by atoms with Crippen molar-refractivity contribution in [3.63, 3.8) is 0 Å². The summed E-state index contributed by atoms with van der Waals surface area (Å²) in [6.07, 6.45) is 0.496. The van der Waals surface area contributed by atoms with Crippen molar-refractivity contribution in [3.05, 3.63) is 0 Å². The van der Waals surface area contributed by atoms with Gasteiger partial charge in [0, 0.05) is 19.1 Å². The lowest BCUT2D eigenvalue weighted by atomic mass is 10.2. The van der Waals surface area contributed by atoms with E-state index in [1.54, 1.807) is 11.8 Å².